The Morgan fingerprint density at radius 3 is 2.69 bits per heavy atom. The smallest absolute Gasteiger partial charge is 0.139 e. The molecule has 0 saturated carbocycles. The number of nitrogens with zero attached hydrogens (tertiary/aromatic N) is 1. The fourth-order valence-electron chi connectivity index (χ4n) is 1.08. The van der Waals surface area contributed by atoms with Crippen LogP contribution < -0.4 is 0 Å². The van der Waals surface area contributed by atoms with E-state index in [0.717, 1.165) is 10.0 Å². The summed E-state index contributed by atoms with van der Waals surface area (Å²) in [5.74, 6) is 0. The fraction of sp³-hybridized carbons (Fsp3) is 0. The van der Waals surface area contributed by atoms with E-state index < -0.39 is 10.8 Å². The van der Waals surface area contributed by atoms with Gasteiger partial charge in [-0.1, -0.05) is 34.1 Å². The largest absolute Gasteiger partial charge is 0.248 e. The number of rotatable bonds is 1. The summed E-state index contributed by atoms with van der Waals surface area (Å²) in [5.41, 5.74) is 0.894. The van der Waals surface area contributed by atoms with Crippen LogP contribution in [0, 0.1) is 0 Å². The summed E-state index contributed by atoms with van der Waals surface area (Å²) >= 11 is 3.39. The zero-order chi connectivity index (χ0) is 9.26. The molecule has 0 aromatic heterocycles. The molecule has 0 amide bonds. The lowest BCUT2D eigenvalue weighted by Crippen LogP contribution is -2.03. The van der Waals surface area contributed by atoms with E-state index in [1.54, 1.807) is 11.6 Å². The van der Waals surface area contributed by atoms with Crippen LogP contribution in [0.5, 0.6) is 0 Å². The molecule has 0 saturated heterocycles. The van der Waals surface area contributed by atoms with Gasteiger partial charge in [-0.15, -0.1) is 0 Å². The Morgan fingerprint density at radius 2 is 2.08 bits per heavy atom. The van der Waals surface area contributed by atoms with Crippen LogP contribution in [0.2, 0.25) is 0 Å². The van der Waals surface area contributed by atoms with Crippen molar-refractivity contribution in [3.63, 3.8) is 0 Å². The normalized spacial score (nSPS) is 20.4. The minimum atomic E-state index is -1.08. The molecule has 13 heavy (non-hydrogen) atoms. The molecule has 0 spiro atoms. The Hall–Kier alpha value is -0.740. The van der Waals surface area contributed by atoms with Crippen molar-refractivity contribution >= 4 is 31.8 Å². The van der Waals surface area contributed by atoms with Crippen LogP contribution in [-0.4, -0.2) is 9.25 Å². The van der Waals surface area contributed by atoms with Crippen molar-refractivity contribution in [3.05, 3.63) is 45.9 Å². The fourth-order valence-corrected chi connectivity index (χ4v) is 2.55. The van der Waals surface area contributed by atoms with Crippen LogP contribution >= 0.6 is 15.9 Å². The van der Waals surface area contributed by atoms with Gasteiger partial charge in [-0.05, 0) is 6.07 Å². The molecule has 4 heteroatoms. The molecule has 66 valence electrons. The summed E-state index contributed by atoms with van der Waals surface area (Å²) in [6.07, 6.45) is 1.57. The molecule has 1 aromatic carbocycles. The van der Waals surface area contributed by atoms with E-state index in [0.29, 0.717) is 5.04 Å². The highest BCUT2D eigenvalue weighted by Gasteiger charge is 2.14. The first-order chi connectivity index (χ1) is 6.29. The summed E-state index contributed by atoms with van der Waals surface area (Å²) in [6, 6.07) is 7.62. The third-order valence-corrected chi connectivity index (χ3v) is 3.44. The van der Waals surface area contributed by atoms with E-state index in [9.17, 15) is 4.21 Å². The molecule has 1 aliphatic rings. The van der Waals surface area contributed by atoms with E-state index >= 15 is 0 Å². The topological polar surface area (TPSA) is 29.4 Å². The van der Waals surface area contributed by atoms with Gasteiger partial charge in [0.05, 0.1) is 10.8 Å². The zero-order valence-corrected chi connectivity index (χ0v) is 9.01. The van der Waals surface area contributed by atoms with Crippen molar-refractivity contribution in [3.8, 4) is 0 Å². The van der Waals surface area contributed by atoms with Gasteiger partial charge < -0.3 is 0 Å². The first-order valence-electron chi connectivity index (χ1n) is 3.69. The van der Waals surface area contributed by atoms with Gasteiger partial charge in [-0.25, -0.2) is 9.20 Å². The predicted octanol–water partition coefficient (Wildman–Crippen LogP) is 2.43. The highest BCUT2D eigenvalue weighted by Crippen LogP contribution is 2.20. The second-order valence-electron chi connectivity index (χ2n) is 2.50. The SMILES string of the molecule is O=S1C=CN=C1c1ccccc1Br. The summed E-state index contributed by atoms with van der Waals surface area (Å²) in [5, 5.41) is 2.20. The van der Waals surface area contributed by atoms with Crippen LogP contribution in [-0.2, 0) is 10.8 Å². The van der Waals surface area contributed by atoms with Gasteiger partial charge in [0.25, 0.3) is 0 Å². The Labute approximate surface area is 87.0 Å². The van der Waals surface area contributed by atoms with Gasteiger partial charge >= 0.3 is 0 Å². The van der Waals surface area contributed by atoms with Gasteiger partial charge in [0.1, 0.15) is 5.04 Å². The molecule has 1 aliphatic heterocycles. The standard InChI is InChI=1S/C9H6BrNOS/c10-8-4-2-1-3-7(8)9-11-5-6-13(9)12/h1-6H. The van der Waals surface area contributed by atoms with E-state index in [2.05, 4.69) is 20.9 Å². The molecule has 1 aromatic rings. The molecule has 0 N–H and O–H groups in total. The highest BCUT2D eigenvalue weighted by atomic mass is 79.9. The number of benzene rings is 1. The van der Waals surface area contributed by atoms with Gasteiger partial charge in [0.15, 0.2) is 0 Å². The van der Waals surface area contributed by atoms with Crippen LogP contribution in [0.4, 0.5) is 0 Å². The lowest BCUT2D eigenvalue weighted by molar-refractivity contribution is 0.695. The average Bonchev–Trinajstić information content (AvgIpc) is 2.52. The number of hydrogen-bond acceptors (Lipinski definition) is 2. The molecule has 1 atom stereocenters. The van der Waals surface area contributed by atoms with E-state index in [4.69, 9.17) is 0 Å². The van der Waals surface area contributed by atoms with Crippen molar-refractivity contribution in [2.24, 2.45) is 4.99 Å². The second-order valence-corrected chi connectivity index (χ2v) is 4.60. The van der Waals surface area contributed by atoms with Crippen molar-refractivity contribution in [1.29, 1.82) is 0 Å². The molecule has 2 nitrogen and oxygen atoms in total. The second kappa shape index (κ2) is 3.55. The molecular weight excluding hydrogens is 250 g/mol. The number of aliphatic imine (C=N–C) groups is 1. The molecule has 0 fully saturated rings. The van der Waals surface area contributed by atoms with E-state index in [1.165, 1.54) is 0 Å². The van der Waals surface area contributed by atoms with Gasteiger partial charge in [0, 0.05) is 21.6 Å². The molecule has 0 aliphatic carbocycles. The van der Waals surface area contributed by atoms with Crippen LogP contribution in [0.3, 0.4) is 0 Å². The first-order valence-corrected chi connectivity index (χ1v) is 5.69. The van der Waals surface area contributed by atoms with Crippen LogP contribution in [0.25, 0.3) is 0 Å². The minimum absolute atomic E-state index is 0.618. The quantitative estimate of drug-likeness (QED) is 0.758. The maximum absolute atomic E-state index is 11.4. The lowest BCUT2D eigenvalue weighted by Gasteiger charge is -2.01. The lowest BCUT2D eigenvalue weighted by atomic mass is 10.2. The summed E-state index contributed by atoms with van der Waals surface area (Å²) in [7, 11) is -1.08. The Bertz CT molecular complexity index is 425. The van der Waals surface area contributed by atoms with Crippen molar-refractivity contribution in [2.75, 3.05) is 0 Å². The van der Waals surface area contributed by atoms with Gasteiger partial charge in [0.2, 0.25) is 0 Å². The molecule has 0 radical (unpaired) electrons. The molecular formula is C9H6BrNOS. The number of hydrogen-bond donors (Lipinski definition) is 0. The maximum Gasteiger partial charge on any atom is 0.139 e. The van der Waals surface area contributed by atoms with Gasteiger partial charge in [-0.2, -0.15) is 0 Å². The first kappa shape index (κ1) is 8.84. The monoisotopic (exact) mass is 255 g/mol. The molecule has 0 bridgehead atoms. The van der Waals surface area contributed by atoms with Crippen molar-refractivity contribution in [2.45, 2.75) is 0 Å². The summed E-state index contributed by atoms with van der Waals surface area (Å²) < 4.78 is 12.3. The Balaban J connectivity index is 2.48. The molecule has 2 rings (SSSR count). The number of halogens is 1. The predicted molar refractivity (Wildman–Crippen MR) is 58.0 cm³/mol. The van der Waals surface area contributed by atoms with Crippen LogP contribution in [0.15, 0.2) is 45.3 Å². The third kappa shape index (κ3) is 1.64. The van der Waals surface area contributed by atoms with Gasteiger partial charge in [-0.3, -0.25) is 0 Å². The highest BCUT2D eigenvalue weighted by molar-refractivity contribution is 9.10. The Kier molecular flexibility index (Phi) is 2.42. The average molecular weight is 256 g/mol. The maximum atomic E-state index is 11.4. The molecule has 1 unspecified atom stereocenters. The third-order valence-electron chi connectivity index (χ3n) is 1.67. The van der Waals surface area contributed by atoms with Crippen molar-refractivity contribution < 1.29 is 4.21 Å². The molecule has 1 heterocycles. The van der Waals surface area contributed by atoms with E-state index in [1.807, 2.05) is 24.3 Å². The van der Waals surface area contributed by atoms with Crippen molar-refractivity contribution in [1.82, 2.24) is 0 Å². The Morgan fingerprint density at radius 1 is 1.31 bits per heavy atom. The summed E-state index contributed by atoms with van der Waals surface area (Å²) in [6.45, 7) is 0. The minimum Gasteiger partial charge on any atom is -0.248 e. The zero-order valence-electron chi connectivity index (χ0n) is 6.61. The van der Waals surface area contributed by atoms with E-state index in [-0.39, 0.29) is 0 Å². The van der Waals surface area contributed by atoms with Crippen LogP contribution in [0.1, 0.15) is 5.56 Å². The summed E-state index contributed by atoms with van der Waals surface area (Å²) in [4.78, 5) is 4.05.